The molecule has 0 aliphatic heterocycles. The summed E-state index contributed by atoms with van der Waals surface area (Å²) in [5, 5.41) is 0. The number of nitrogens with zero attached hydrogens (tertiary/aromatic N) is 2. The molecule has 14 heavy (non-hydrogen) atoms. The van der Waals surface area contributed by atoms with Crippen LogP contribution in [0.1, 0.15) is 25.0 Å². The van der Waals surface area contributed by atoms with Crippen LogP contribution in [0.5, 0.6) is 0 Å². The van der Waals surface area contributed by atoms with Crippen LogP contribution in [0.2, 0.25) is 0 Å². The van der Waals surface area contributed by atoms with Crippen molar-refractivity contribution in [1.82, 2.24) is 9.97 Å². The van der Waals surface area contributed by atoms with Gasteiger partial charge in [0, 0.05) is 0 Å². The molecule has 3 nitrogen and oxygen atoms in total. The minimum absolute atomic E-state index is 0.471. The number of halogens is 2. The van der Waals surface area contributed by atoms with Crippen LogP contribution in [0.15, 0.2) is 9.21 Å². The molecular weight excluding hydrogens is 310 g/mol. The van der Waals surface area contributed by atoms with E-state index < -0.39 is 0 Å². The second-order valence-corrected chi connectivity index (χ2v) is 5.12. The third kappa shape index (κ3) is 2.45. The van der Waals surface area contributed by atoms with Gasteiger partial charge in [-0.05, 0) is 50.6 Å². The average molecular weight is 321 g/mol. The Kier molecular flexibility index (Phi) is 3.07. The minimum atomic E-state index is 0.471. The summed E-state index contributed by atoms with van der Waals surface area (Å²) in [5.41, 5.74) is 6.64. The first-order valence-electron chi connectivity index (χ1n) is 4.64. The molecule has 1 fully saturated rings. The predicted molar refractivity (Wildman–Crippen MR) is 62.9 cm³/mol. The summed E-state index contributed by atoms with van der Waals surface area (Å²) in [4.78, 5) is 8.51. The molecule has 1 saturated carbocycles. The molecule has 0 unspecified atom stereocenters. The maximum atomic E-state index is 5.67. The van der Waals surface area contributed by atoms with Crippen molar-refractivity contribution < 1.29 is 0 Å². The van der Waals surface area contributed by atoms with Gasteiger partial charge in [0.25, 0.3) is 0 Å². The Hall–Kier alpha value is -0.160. The SMILES string of the molecule is Nc1nc(CCC2CC2)c(Br)nc1Br. The maximum Gasteiger partial charge on any atom is 0.157 e. The number of aryl methyl sites for hydroxylation is 1. The van der Waals surface area contributed by atoms with Crippen molar-refractivity contribution in [2.24, 2.45) is 5.92 Å². The molecule has 0 bridgehead atoms. The third-order valence-corrected chi connectivity index (χ3v) is 3.61. The first-order chi connectivity index (χ1) is 6.66. The molecule has 1 aromatic heterocycles. The molecule has 0 amide bonds. The fourth-order valence-electron chi connectivity index (χ4n) is 1.35. The Balaban J connectivity index is 2.10. The molecule has 0 aromatic carbocycles. The van der Waals surface area contributed by atoms with Gasteiger partial charge < -0.3 is 5.73 Å². The number of hydrogen-bond acceptors (Lipinski definition) is 3. The lowest BCUT2D eigenvalue weighted by atomic mass is 10.2. The molecule has 0 saturated heterocycles. The van der Waals surface area contributed by atoms with Gasteiger partial charge >= 0.3 is 0 Å². The van der Waals surface area contributed by atoms with Crippen LogP contribution in [0, 0.1) is 5.92 Å². The quantitative estimate of drug-likeness (QED) is 0.931. The van der Waals surface area contributed by atoms with E-state index in [-0.39, 0.29) is 0 Å². The van der Waals surface area contributed by atoms with Crippen LogP contribution < -0.4 is 5.73 Å². The number of hydrogen-bond donors (Lipinski definition) is 1. The summed E-state index contributed by atoms with van der Waals surface area (Å²) in [6, 6.07) is 0. The van der Waals surface area contributed by atoms with Gasteiger partial charge in [0.2, 0.25) is 0 Å². The van der Waals surface area contributed by atoms with E-state index in [9.17, 15) is 0 Å². The molecule has 0 spiro atoms. The Bertz CT molecular complexity index is 350. The van der Waals surface area contributed by atoms with E-state index in [2.05, 4.69) is 41.8 Å². The van der Waals surface area contributed by atoms with E-state index in [0.717, 1.165) is 22.6 Å². The maximum absolute atomic E-state index is 5.67. The van der Waals surface area contributed by atoms with Crippen molar-refractivity contribution in [2.45, 2.75) is 25.7 Å². The van der Waals surface area contributed by atoms with Crippen LogP contribution in [0.3, 0.4) is 0 Å². The van der Waals surface area contributed by atoms with Gasteiger partial charge in [0.1, 0.15) is 9.21 Å². The second kappa shape index (κ2) is 4.14. The predicted octanol–water partition coefficient (Wildman–Crippen LogP) is 2.93. The second-order valence-electron chi connectivity index (χ2n) is 3.62. The monoisotopic (exact) mass is 319 g/mol. The zero-order valence-electron chi connectivity index (χ0n) is 7.63. The summed E-state index contributed by atoms with van der Waals surface area (Å²) < 4.78 is 1.42. The largest absolute Gasteiger partial charge is 0.381 e. The highest BCUT2D eigenvalue weighted by atomic mass is 79.9. The molecule has 0 atom stereocenters. The van der Waals surface area contributed by atoms with E-state index in [1.165, 1.54) is 19.3 Å². The van der Waals surface area contributed by atoms with E-state index in [0.29, 0.717) is 10.4 Å². The molecule has 2 N–H and O–H groups in total. The Labute approximate surface area is 99.8 Å². The van der Waals surface area contributed by atoms with E-state index in [4.69, 9.17) is 5.73 Å². The fourth-order valence-corrected chi connectivity index (χ4v) is 2.32. The highest BCUT2D eigenvalue weighted by Gasteiger charge is 2.21. The molecule has 1 aromatic rings. The van der Waals surface area contributed by atoms with Crippen LogP contribution in [0.25, 0.3) is 0 Å². The first-order valence-corrected chi connectivity index (χ1v) is 6.23. The summed E-state index contributed by atoms with van der Waals surface area (Å²) >= 11 is 6.64. The van der Waals surface area contributed by atoms with Gasteiger partial charge in [-0.3, -0.25) is 0 Å². The highest BCUT2D eigenvalue weighted by molar-refractivity contribution is 9.11. The summed E-state index contributed by atoms with van der Waals surface area (Å²) in [5.74, 6) is 1.38. The van der Waals surface area contributed by atoms with E-state index >= 15 is 0 Å². The van der Waals surface area contributed by atoms with E-state index in [1.54, 1.807) is 0 Å². The van der Waals surface area contributed by atoms with Crippen molar-refractivity contribution in [3.05, 3.63) is 14.9 Å². The molecule has 1 aliphatic carbocycles. The third-order valence-electron chi connectivity index (χ3n) is 2.39. The molecule has 1 aliphatic rings. The topological polar surface area (TPSA) is 51.8 Å². The standard InChI is InChI=1S/C9H11Br2N3/c10-7-6(4-3-5-1-2-5)13-9(12)8(11)14-7/h5H,1-4H2,(H2,12,13). The van der Waals surface area contributed by atoms with Crippen LogP contribution in [-0.2, 0) is 6.42 Å². The normalized spacial score (nSPS) is 15.9. The number of aromatic nitrogens is 2. The molecule has 0 radical (unpaired) electrons. The Morgan fingerprint density at radius 1 is 1.21 bits per heavy atom. The fraction of sp³-hybridized carbons (Fsp3) is 0.556. The summed E-state index contributed by atoms with van der Waals surface area (Å²) in [6.45, 7) is 0. The van der Waals surface area contributed by atoms with Gasteiger partial charge in [0.05, 0.1) is 5.69 Å². The smallest absolute Gasteiger partial charge is 0.157 e. The summed E-state index contributed by atoms with van der Waals surface area (Å²) in [6.07, 6.45) is 4.91. The average Bonchev–Trinajstić information content (AvgIpc) is 2.92. The molecule has 2 rings (SSSR count). The Morgan fingerprint density at radius 2 is 1.93 bits per heavy atom. The van der Waals surface area contributed by atoms with Crippen molar-refractivity contribution in [1.29, 1.82) is 0 Å². The lowest BCUT2D eigenvalue weighted by Crippen LogP contribution is -2.01. The van der Waals surface area contributed by atoms with Gasteiger partial charge in [0.15, 0.2) is 5.82 Å². The van der Waals surface area contributed by atoms with Gasteiger partial charge in [-0.25, -0.2) is 9.97 Å². The first kappa shape index (κ1) is 10.4. The minimum Gasteiger partial charge on any atom is -0.381 e. The Morgan fingerprint density at radius 3 is 2.57 bits per heavy atom. The molecule has 76 valence electrons. The van der Waals surface area contributed by atoms with Gasteiger partial charge in [-0.2, -0.15) is 0 Å². The number of nitrogens with two attached hydrogens (primary N) is 1. The summed E-state index contributed by atoms with van der Waals surface area (Å²) in [7, 11) is 0. The van der Waals surface area contributed by atoms with Crippen LogP contribution in [0.4, 0.5) is 5.82 Å². The molecule has 1 heterocycles. The van der Waals surface area contributed by atoms with Crippen molar-refractivity contribution >= 4 is 37.7 Å². The zero-order valence-corrected chi connectivity index (χ0v) is 10.8. The van der Waals surface area contributed by atoms with Crippen LogP contribution >= 0.6 is 31.9 Å². The number of nitrogen functional groups attached to an aromatic ring is 1. The molecule has 5 heteroatoms. The zero-order chi connectivity index (χ0) is 10.1. The highest BCUT2D eigenvalue weighted by Crippen LogP contribution is 2.34. The molecular formula is C9H11Br2N3. The number of anilines is 1. The van der Waals surface area contributed by atoms with Gasteiger partial charge in [-0.1, -0.05) is 12.8 Å². The van der Waals surface area contributed by atoms with Crippen molar-refractivity contribution in [3.63, 3.8) is 0 Å². The number of rotatable bonds is 3. The van der Waals surface area contributed by atoms with Crippen molar-refractivity contribution in [2.75, 3.05) is 5.73 Å². The van der Waals surface area contributed by atoms with Crippen molar-refractivity contribution in [3.8, 4) is 0 Å². The van der Waals surface area contributed by atoms with E-state index in [1.807, 2.05) is 0 Å². The lowest BCUT2D eigenvalue weighted by molar-refractivity contribution is 0.708. The van der Waals surface area contributed by atoms with Gasteiger partial charge in [-0.15, -0.1) is 0 Å². The van der Waals surface area contributed by atoms with Crippen LogP contribution in [-0.4, -0.2) is 9.97 Å². The lowest BCUT2D eigenvalue weighted by Gasteiger charge is -2.04.